The molecule has 0 N–H and O–H groups in total. The Labute approximate surface area is 180 Å². The van der Waals surface area contributed by atoms with E-state index in [0.29, 0.717) is 51.0 Å². The van der Waals surface area contributed by atoms with Crippen molar-refractivity contribution in [3.63, 3.8) is 0 Å². The van der Waals surface area contributed by atoms with Crippen molar-refractivity contribution < 1.29 is 13.2 Å². The van der Waals surface area contributed by atoms with Gasteiger partial charge in [0.1, 0.15) is 5.75 Å². The number of piperidine rings is 1. The molecular weight excluding hydrogens is 400 g/mol. The second kappa shape index (κ2) is 10.4. The number of nitrogens with zero attached hydrogens (tertiary/aromatic N) is 4. The molecule has 0 bridgehead atoms. The van der Waals surface area contributed by atoms with E-state index in [0.717, 1.165) is 24.3 Å². The van der Waals surface area contributed by atoms with Gasteiger partial charge < -0.3 is 9.30 Å². The smallest absolute Gasteiger partial charge is 0.282 e. The summed E-state index contributed by atoms with van der Waals surface area (Å²) in [6.45, 7) is 9.39. The molecule has 1 aliphatic heterocycles. The average Bonchev–Trinajstić information content (AvgIpc) is 3.21. The molecule has 2 aromatic rings. The van der Waals surface area contributed by atoms with E-state index < -0.39 is 10.2 Å². The Balaban J connectivity index is 1.81. The van der Waals surface area contributed by atoms with Crippen LogP contribution >= 0.6 is 0 Å². The maximum Gasteiger partial charge on any atom is 0.282 e. The van der Waals surface area contributed by atoms with Gasteiger partial charge in [0.25, 0.3) is 10.2 Å². The first-order valence-corrected chi connectivity index (χ1v) is 12.2. The van der Waals surface area contributed by atoms with Crippen molar-refractivity contribution >= 4 is 10.2 Å². The van der Waals surface area contributed by atoms with Gasteiger partial charge in [0.05, 0.1) is 12.9 Å². The normalized spacial score (nSPS) is 20.5. The predicted octanol–water partition coefficient (Wildman–Crippen LogP) is 3.40. The zero-order valence-corrected chi connectivity index (χ0v) is 19.1. The number of aryl methyl sites for hydroxylation is 1. The Morgan fingerprint density at radius 3 is 2.60 bits per heavy atom. The Hall–Kier alpha value is -1.90. The first-order valence-electron chi connectivity index (χ1n) is 10.8. The predicted molar refractivity (Wildman–Crippen MR) is 118 cm³/mol. The number of hydrogen-bond acceptors (Lipinski definition) is 4. The molecule has 1 fully saturated rings. The highest BCUT2D eigenvalue weighted by Gasteiger charge is 2.35. The van der Waals surface area contributed by atoms with Gasteiger partial charge in [-0.3, -0.25) is 0 Å². The minimum Gasteiger partial charge on any atom is -0.494 e. The summed E-state index contributed by atoms with van der Waals surface area (Å²) in [5.74, 6) is 1.48. The monoisotopic (exact) mass is 434 g/mol. The lowest BCUT2D eigenvalue weighted by atomic mass is 9.94. The van der Waals surface area contributed by atoms with Crippen LogP contribution in [0.2, 0.25) is 0 Å². The van der Waals surface area contributed by atoms with Crippen molar-refractivity contribution in [2.24, 2.45) is 11.8 Å². The molecule has 2 atom stereocenters. The second-order valence-corrected chi connectivity index (χ2v) is 10.2. The maximum atomic E-state index is 13.6. The minimum absolute atomic E-state index is 0.307. The number of aromatic nitrogens is 2. The summed E-state index contributed by atoms with van der Waals surface area (Å²) in [4.78, 5) is 4.06. The van der Waals surface area contributed by atoms with Crippen LogP contribution in [0.25, 0.3) is 0 Å². The summed E-state index contributed by atoms with van der Waals surface area (Å²) in [5, 5.41) is 0. The Bertz CT molecular complexity index is 876. The highest BCUT2D eigenvalue weighted by Crippen LogP contribution is 2.27. The van der Waals surface area contributed by atoms with Crippen molar-refractivity contribution in [3.8, 4) is 5.75 Å². The Morgan fingerprint density at radius 1 is 1.20 bits per heavy atom. The fourth-order valence-electron chi connectivity index (χ4n) is 4.20. The lowest BCUT2D eigenvalue weighted by Gasteiger charge is -2.37. The molecule has 7 nitrogen and oxygen atoms in total. The third-order valence-corrected chi connectivity index (χ3v) is 7.41. The van der Waals surface area contributed by atoms with E-state index in [1.807, 2.05) is 42.0 Å². The largest absolute Gasteiger partial charge is 0.494 e. The van der Waals surface area contributed by atoms with Crippen LogP contribution in [-0.2, 0) is 23.3 Å². The van der Waals surface area contributed by atoms with Gasteiger partial charge in [-0.15, -0.1) is 0 Å². The zero-order chi connectivity index (χ0) is 21.6. The minimum atomic E-state index is -3.57. The molecule has 1 saturated heterocycles. The molecule has 2 unspecified atom stereocenters. The second-order valence-electron chi connectivity index (χ2n) is 8.30. The average molecular weight is 435 g/mol. The van der Waals surface area contributed by atoms with E-state index in [2.05, 4.69) is 18.8 Å². The van der Waals surface area contributed by atoms with E-state index in [1.165, 1.54) is 0 Å². The molecule has 1 aliphatic rings. The van der Waals surface area contributed by atoms with Crippen LogP contribution in [0.15, 0.2) is 43.0 Å². The van der Waals surface area contributed by atoms with Gasteiger partial charge >= 0.3 is 0 Å². The van der Waals surface area contributed by atoms with Crippen molar-refractivity contribution in [1.82, 2.24) is 18.2 Å². The van der Waals surface area contributed by atoms with E-state index in [-0.39, 0.29) is 0 Å². The molecule has 0 saturated carbocycles. The van der Waals surface area contributed by atoms with Gasteiger partial charge in [-0.25, -0.2) is 4.98 Å². The van der Waals surface area contributed by atoms with E-state index in [9.17, 15) is 8.42 Å². The van der Waals surface area contributed by atoms with Crippen molar-refractivity contribution in [2.45, 2.75) is 46.7 Å². The van der Waals surface area contributed by atoms with Crippen molar-refractivity contribution in [2.75, 3.05) is 26.2 Å². The van der Waals surface area contributed by atoms with Gasteiger partial charge in [-0.2, -0.15) is 17.0 Å². The standard InChI is InChI=1S/C22H34N4O3S/c1-4-29-22-9-6-5-8-21(22)17-25(12-7-11-24-13-10-23-18-24)30(27,28)26-15-19(2)14-20(3)16-26/h5-6,8-10,13,18-20H,4,7,11-12,14-17H2,1-3H3. The van der Waals surface area contributed by atoms with E-state index in [4.69, 9.17) is 4.74 Å². The van der Waals surface area contributed by atoms with Gasteiger partial charge in [0.15, 0.2) is 0 Å². The Morgan fingerprint density at radius 2 is 1.93 bits per heavy atom. The van der Waals surface area contributed by atoms with Crippen molar-refractivity contribution in [1.29, 1.82) is 0 Å². The fraction of sp³-hybridized carbons (Fsp3) is 0.591. The summed E-state index contributed by atoms with van der Waals surface area (Å²) in [6.07, 6.45) is 7.18. The van der Waals surface area contributed by atoms with Crippen LogP contribution in [0.5, 0.6) is 5.75 Å². The quantitative estimate of drug-likeness (QED) is 0.575. The number of benzene rings is 1. The lowest BCUT2D eigenvalue weighted by molar-refractivity contribution is 0.206. The molecule has 3 rings (SSSR count). The van der Waals surface area contributed by atoms with Gasteiger partial charge in [0.2, 0.25) is 0 Å². The van der Waals surface area contributed by atoms with E-state index in [1.54, 1.807) is 21.1 Å². The fourth-order valence-corrected chi connectivity index (χ4v) is 6.08. The molecule has 2 heterocycles. The molecule has 1 aromatic heterocycles. The molecule has 30 heavy (non-hydrogen) atoms. The number of hydrogen-bond donors (Lipinski definition) is 0. The van der Waals surface area contributed by atoms with Crippen LogP contribution in [0.4, 0.5) is 0 Å². The maximum absolute atomic E-state index is 13.6. The first-order chi connectivity index (χ1) is 14.4. The summed E-state index contributed by atoms with van der Waals surface area (Å²) in [5.41, 5.74) is 0.892. The molecule has 0 aliphatic carbocycles. The molecule has 1 aromatic carbocycles. The Kier molecular flexibility index (Phi) is 7.91. The summed E-state index contributed by atoms with van der Waals surface area (Å²) >= 11 is 0. The zero-order valence-electron chi connectivity index (χ0n) is 18.3. The SMILES string of the molecule is CCOc1ccccc1CN(CCCn1ccnc1)S(=O)(=O)N1CC(C)CC(C)C1. The van der Waals surface area contributed by atoms with Gasteiger partial charge in [0, 0.05) is 50.7 Å². The highest BCUT2D eigenvalue weighted by molar-refractivity contribution is 7.86. The van der Waals surface area contributed by atoms with Crippen molar-refractivity contribution in [3.05, 3.63) is 48.5 Å². The van der Waals surface area contributed by atoms with Gasteiger partial charge in [-0.05, 0) is 37.7 Å². The molecule has 166 valence electrons. The molecule has 0 radical (unpaired) electrons. The molecule has 0 amide bonds. The third-order valence-electron chi connectivity index (χ3n) is 5.49. The number of imidazole rings is 1. The van der Waals surface area contributed by atoms with E-state index >= 15 is 0 Å². The van der Waals surface area contributed by atoms with Crippen LogP contribution in [0.3, 0.4) is 0 Å². The molecule has 0 spiro atoms. The molecular formula is C22H34N4O3S. The number of rotatable bonds is 10. The number of para-hydroxylation sites is 1. The van der Waals surface area contributed by atoms with Crippen LogP contribution in [0.1, 0.15) is 39.2 Å². The molecule has 8 heteroatoms. The summed E-state index contributed by atoms with van der Waals surface area (Å²) < 4.78 is 38.3. The van der Waals surface area contributed by atoms with Crippen LogP contribution in [0, 0.1) is 11.8 Å². The third kappa shape index (κ3) is 5.83. The highest BCUT2D eigenvalue weighted by atomic mass is 32.2. The van der Waals surface area contributed by atoms with Crippen LogP contribution in [-0.4, -0.2) is 52.8 Å². The summed E-state index contributed by atoms with van der Waals surface area (Å²) in [7, 11) is -3.57. The lowest BCUT2D eigenvalue weighted by Crippen LogP contribution is -2.49. The van der Waals surface area contributed by atoms with Gasteiger partial charge in [-0.1, -0.05) is 32.0 Å². The topological polar surface area (TPSA) is 67.7 Å². The number of ether oxygens (including phenoxy) is 1. The first kappa shape index (κ1) is 22.8. The summed E-state index contributed by atoms with van der Waals surface area (Å²) in [6, 6.07) is 7.70. The van der Waals surface area contributed by atoms with Crippen LogP contribution < -0.4 is 4.74 Å².